The average molecular weight is 282 g/mol. The largest absolute Gasteiger partial charge is 0.312 e. The predicted molar refractivity (Wildman–Crippen MR) is 86.3 cm³/mol. The van der Waals surface area contributed by atoms with Crippen LogP contribution in [-0.2, 0) is 0 Å². The van der Waals surface area contributed by atoms with E-state index in [1.807, 2.05) is 0 Å². The summed E-state index contributed by atoms with van der Waals surface area (Å²) < 4.78 is 0. The van der Waals surface area contributed by atoms with E-state index in [0.717, 1.165) is 12.6 Å². The number of hydrogen-bond acceptors (Lipinski definition) is 4. The van der Waals surface area contributed by atoms with Crippen molar-refractivity contribution in [1.29, 1.82) is 0 Å². The summed E-state index contributed by atoms with van der Waals surface area (Å²) in [5.41, 5.74) is 0.281. The number of likely N-dealkylation sites (N-methyl/N-ethyl adjacent to an activating group) is 1. The molecule has 0 aromatic heterocycles. The first-order valence-corrected chi connectivity index (χ1v) is 8.40. The lowest BCUT2D eigenvalue weighted by Crippen LogP contribution is -2.58. The van der Waals surface area contributed by atoms with Crippen LogP contribution in [0.15, 0.2) is 0 Å². The van der Waals surface area contributed by atoms with E-state index < -0.39 is 0 Å². The van der Waals surface area contributed by atoms with Crippen LogP contribution in [0.1, 0.15) is 33.6 Å². The van der Waals surface area contributed by atoms with Crippen molar-refractivity contribution in [3.63, 3.8) is 0 Å². The van der Waals surface area contributed by atoms with Gasteiger partial charge in [-0.1, -0.05) is 6.92 Å². The molecule has 0 aromatic rings. The Labute approximate surface area is 125 Å². The lowest BCUT2D eigenvalue weighted by molar-refractivity contribution is 0.0579. The smallest absolute Gasteiger partial charge is 0.0278 e. The van der Waals surface area contributed by atoms with Crippen LogP contribution in [0, 0.1) is 0 Å². The summed E-state index contributed by atoms with van der Waals surface area (Å²) in [6.07, 6.45) is 2.62. The lowest BCUT2D eigenvalue weighted by Gasteiger charge is -2.44. The van der Waals surface area contributed by atoms with Crippen molar-refractivity contribution >= 4 is 0 Å². The summed E-state index contributed by atoms with van der Waals surface area (Å²) in [5, 5.41) is 3.83. The normalized spacial score (nSPS) is 25.2. The average Bonchev–Trinajstić information content (AvgIpc) is 2.46. The zero-order valence-electron chi connectivity index (χ0n) is 14.0. The molecular formula is C16H34N4. The van der Waals surface area contributed by atoms with Crippen LogP contribution in [-0.4, -0.2) is 85.7 Å². The standard InChI is InChI=1S/C16H34N4/c1-5-19-8-6-15(7-9-19)17-14-16(2,3)20-12-10-18(4)11-13-20/h15,17H,5-14H2,1-4H3. The van der Waals surface area contributed by atoms with Gasteiger partial charge in [0.25, 0.3) is 0 Å². The Hall–Kier alpha value is -0.160. The summed E-state index contributed by atoms with van der Waals surface area (Å²) in [4.78, 5) is 7.64. The Morgan fingerprint density at radius 1 is 1.00 bits per heavy atom. The molecule has 2 fully saturated rings. The molecule has 0 atom stereocenters. The summed E-state index contributed by atoms with van der Waals surface area (Å²) in [5.74, 6) is 0. The molecule has 0 unspecified atom stereocenters. The first kappa shape index (κ1) is 16.2. The van der Waals surface area contributed by atoms with Crippen molar-refractivity contribution in [1.82, 2.24) is 20.0 Å². The van der Waals surface area contributed by atoms with Gasteiger partial charge in [0.2, 0.25) is 0 Å². The van der Waals surface area contributed by atoms with Crippen LogP contribution in [0.3, 0.4) is 0 Å². The molecule has 0 aromatic carbocycles. The molecule has 118 valence electrons. The quantitative estimate of drug-likeness (QED) is 0.815. The molecular weight excluding hydrogens is 248 g/mol. The highest BCUT2D eigenvalue weighted by Crippen LogP contribution is 2.17. The molecule has 0 spiro atoms. The molecule has 2 saturated heterocycles. The topological polar surface area (TPSA) is 21.8 Å². The van der Waals surface area contributed by atoms with Gasteiger partial charge in [0, 0.05) is 44.3 Å². The van der Waals surface area contributed by atoms with Gasteiger partial charge in [-0.15, -0.1) is 0 Å². The highest BCUT2D eigenvalue weighted by atomic mass is 15.3. The monoisotopic (exact) mass is 282 g/mol. The summed E-state index contributed by atoms with van der Waals surface area (Å²) in [7, 11) is 2.23. The zero-order valence-corrected chi connectivity index (χ0v) is 14.0. The number of likely N-dealkylation sites (tertiary alicyclic amines) is 1. The second-order valence-corrected chi connectivity index (χ2v) is 7.19. The second-order valence-electron chi connectivity index (χ2n) is 7.19. The third kappa shape index (κ3) is 4.42. The number of hydrogen-bond donors (Lipinski definition) is 1. The first-order valence-electron chi connectivity index (χ1n) is 8.40. The molecule has 20 heavy (non-hydrogen) atoms. The third-order valence-corrected chi connectivity index (χ3v) is 5.22. The van der Waals surface area contributed by atoms with E-state index in [1.165, 1.54) is 58.7 Å². The van der Waals surface area contributed by atoms with Crippen molar-refractivity contribution in [2.24, 2.45) is 0 Å². The molecule has 0 amide bonds. The minimum absolute atomic E-state index is 0.281. The number of nitrogens with zero attached hydrogens (tertiary/aromatic N) is 3. The maximum Gasteiger partial charge on any atom is 0.0278 e. The molecule has 2 rings (SSSR count). The van der Waals surface area contributed by atoms with Crippen LogP contribution < -0.4 is 5.32 Å². The fourth-order valence-electron chi connectivity index (χ4n) is 3.37. The Morgan fingerprint density at radius 2 is 1.60 bits per heavy atom. The predicted octanol–water partition coefficient (Wildman–Crippen LogP) is 1.09. The summed E-state index contributed by atoms with van der Waals surface area (Å²) in [6, 6.07) is 0.726. The van der Waals surface area contributed by atoms with Gasteiger partial charge in [-0.25, -0.2) is 0 Å². The minimum Gasteiger partial charge on any atom is -0.312 e. The minimum atomic E-state index is 0.281. The van der Waals surface area contributed by atoms with E-state index in [-0.39, 0.29) is 5.54 Å². The van der Waals surface area contributed by atoms with Gasteiger partial charge >= 0.3 is 0 Å². The van der Waals surface area contributed by atoms with Crippen LogP contribution in [0.25, 0.3) is 0 Å². The number of rotatable bonds is 5. The summed E-state index contributed by atoms with van der Waals surface area (Å²) >= 11 is 0. The Kier molecular flexibility index (Phi) is 5.84. The van der Waals surface area contributed by atoms with E-state index in [2.05, 4.69) is 47.8 Å². The second kappa shape index (κ2) is 7.21. The Balaban J connectivity index is 1.72. The van der Waals surface area contributed by atoms with E-state index in [1.54, 1.807) is 0 Å². The molecule has 0 aliphatic carbocycles. The van der Waals surface area contributed by atoms with Crippen LogP contribution in [0.2, 0.25) is 0 Å². The summed E-state index contributed by atoms with van der Waals surface area (Å²) in [6.45, 7) is 16.7. The van der Waals surface area contributed by atoms with Crippen molar-refractivity contribution < 1.29 is 0 Å². The highest BCUT2D eigenvalue weighted by molar-refractivity contribution is 4.89. The number of nitrogens with one attached hydrogen (secondary N) is 1. The number of piperidine rings is 1. The highest BCUT2D eigenvalue weighted by Gasteiger charge is 2.30. The van der Waals surface area contributed by atoms with E-state index in [4.69, 9.17) is 0 Å². The molecule has 4 heteroatoms. The van der Waals surface area contributed by atoms with Gasteiger partial charge in [-0.2, -0.15) is 0 Å². The van der Waals surface area contributed by atoms with Crippen LogP contribution in [0.5, 0.6) is 0 Å². The maximum absolute atomic E-state index is 3.83. The maximum atomic E-state index is 3.83. The van der Waals surface area contributed by atoms with E-state index in [9.17, 15) is 0 Å². The van der Waals surface area contributed by atoms with E-state index in [0.29, 0.717) is 0 Å². The van der Waals surface area contributed by atoms with Gasteiger partial charge in [0.15, 0.2) is 0 Å². The van der Waals surface area contributed by atoms with Gasteiger partial charge in [-0.3, -0.25) is 4.90 Å². The molecule has 1 N–H and O–H groups in total. The SMILES string of the molecule is CCN1CCC(NCC(C)(C)N2CCN(C)CC2)CC1. The molecule has 2 heterocycles. The Morgan fingerprint density at radius 3 is 2.15 bits per heavy atom. The van der Waals surface area contributed by atoms with Crippen molar-refractivity contribution in [2.75, 3.05) is 59.4 Å². The zero-order chi connectivity index (χ0) is 14.6. The van der Waals surface area contributed by atoms with Gasteiger partial charge in [0.05, 0.1) is 0 Å². The molecule has 2 aliphatic heterocycles. The molecule has 2 aliphatic rings. The molecule has 4 nitrogen and oxygen atoms in total. The van der Waals surface area contributed by atoms with Crippen molar-refractivity contribution in [3.05, 3.63) is 0 Å². The lowest BCUT2D eigenvalue weighted by atomic mass is 9.99. The van der Waals surface area contributed by atoms with Crippen LogP contribution in [0.4, 0.5) is 0 Å². The van der Waals surface area contributed by atoms with Crippen molar-refractivity contribution in [3.8, 4) is 0 Å². The molecule has 0 bridgehead atoms. The fraction of sp³-hybridized carbons (Fsp3) is 1.00. The number of piperazine rings is 1. The molecule has 0 saturated carbocycles. The first-order chi connectivity index (χ1) is 9.51. The van der Waals surface area contributed by atoms with Crippen LogP contribution >= 0.6 is 0 Å². The fourth-order valence-corrected chi connectivity index (χ4v) is 3.37. The van der Waals surface area contributed by atoms with Gasteiger partial charge in [0.1, 0.15) is 0 Å². The Bertz CT molecular complexity index is 276. The van der Waals surface area contributed by atoms with Gasteiger partial charge < -0.3 is 15.1 Å². The third-order valence-electron chi connectivity index (χ3n) is 5.22. The van der Waals surface area contributed by atoms with Crippen molar-refractivity contribution in [2.45, 2.75) is 45.2 Å². The molecule has 0 radical (unpaired) electrons. The van der Waals surface area contributed by atoms with E-state index >= 15 is 0 Å². The van der Waals surface area contributed by atoms with Gasteiger partial charge in [-0.05, 0) is 53.4 Å².